The molecule has 0 aliphatic rings. The van der Waals surface area contributed by atoms with Gasteiger partial charge in [-0.25, -0.2) is 0 Å². The lowest BCUT2D eigenvalue weighted by Crippen LogP contribution is -2.23. The number of Topliss-reactive ketones (excluding diaryl/α,β-unsaturated/α-hetero) is 1. The maximum Gasteiger partial charge on any atom is 0.202 e. The molecule has 2 rings (SSSR count). The fourth-order valence-electron chi connectivity index (χ4n) is 1.88. The summed E-state index contributed by atoms with van der Waals surface area (Å²) in [7, 11) is 0. The van der Waals surface area contributed by atoms with Crippen LogP contribution in [0, 0.1) is 11.3 Å². The molecule has 0 saturated heterocycles. The zero-order chi connectivity index (χ0) is 15.2. The minimum Gasteiger partial charge on any atom is -0.483 e. The molecule has 2 aromatic carbocycles. The average Bonchev–Trinajstić information content (AvgIpc) is 2.49. The van der Waals surface area contributed by atoms with Gasteiger partial charge in [-0.05, 0) is 36.8 Å². The number of nitrogens with zero attached hydrogens (tertiary/aromatic N) is 1. The molecule has 0 saturated carbocycles. The molecule has 0 N–H and O–H groups in total. The van der Waals surface area contributed by atoms with E-state index in [4.69, 9.17) is 10.00 Å². The molecule has 2 aromatic rings. The highest BCUT2D eigenvalue weighted by atomic mass is 79.9. The Hall–Kier alpha value is -2.12. The van der Waals surface area contributed by atoms with Crippen LogP contribution in [0.5, 0.6) is 5.75 Å². The van der Waals surface area contributed by atoms with Gasteiger partial charge in [-0.2, -0.15) is 5.26 Å². The zero-order valence-corrected chi connectivity index (χ0v) is 13.1. The fraction of sp³-hybridized carbons (Fsp3) is 0.176. The van der Waals surface area contributed by atoms with E-state index in [0.717, 1.165) is 10.0 Å². The minimum absolute atomic E-state index is 0.0661. The smallest absolute Gasteiger partial charge is 0.202 e. The second-order valence-electron chi connectivity index (χ2n) is 4.61. The second kappa shape index (κ2) is 7.05. The van der Waals surface area contributed by atoms with Gasteiger partial charge in [-0.15, -0.1) is 0 Å². The summed E-state index contributed by atoms with van der Waals surface area (Å²) in [6.07, 6.45) is -0.193. The van der Waals surface area contributed by atoms with Crippen LogP contribution in [0.4, 0.5) is 0 Å². The van der Waals surface area contributed by atoms with E-state index in [9.17, 15) is 4.79 Å². The number of rotatable bonds is 5. The molecule has 0 heterocycles. The molecule has 1 atom stereocenters. The number of carbonyl (C=O) groups is 1. The van der Waals surface area contributed by atoms with Gasteiger partial charge >= 0.3 is 0 Å². The predicted octanol–water partition coefficient (Wildman–Crippen LogP) is 4.17. The molecule has 0 radical (unpaired) electrons. The van der Waals surface area contributed by atoms with Crippen molar-refractivity contribution in [3.05, 3.63) is 64.1 Å². The van der Waals surface area contributed by atoms with Gasteiger partial charge in [0.1, 0.15) is 5.75 Å². The Morgan fingerprint density at radius 3 is 2.38 bits per heavy atom. The molecule has 0 aromatic heterocycles. The number of halogens is 1. The summed E-state index contributed by atoms with van der Waals surface area (Å²) in [5, 5.41) is 8.62. The molecule has 1 unspecified atom stereocenters. The van der Waals surface area contributed by atoms with Gasteiger partial charge in [0.15, 0.2) is 6.10 Å². The van der Waals surface area contributed by atoms with Gasteiger partial charge in [0.2, 0.25) is 5.78 Å². The van der Waals surface area contributed by atoms with E-state index in [1.807, 2.05) is 24.3 Å². The lowest BCUT2D eigenvalue weighted by Gasteiger charge is -2.14. The zero-order valence-electron chi connectivity index (χ0n) is 11.5. The summed E-state index contributed by atoms with van der Waals surface area (Å²) in [4.78, 5) is 12.2. The largest absolute Gasteiger partial charge is 0.483 e. The Kier molecular flexibility index (Phi) is 5.13. The Balaban J connectivity index is 2.03. The van der Waals surface area contributed by atoms with Crippen LogP contribution in [0.25, 0.3) is 0 Å². The van der Waals surface area contributed by atoms with Crippen LogP contribution >= 0.6 is 15.9 Å². The second-order valence-corrected chi connectivity index (χ2v) is 5.53. The maximum absolute atomic E-state index is 12.2. The van der Waals surface area contributed by atoms with Crippen LogP contribution in [-0.4, -0.2) is 11.9 Å². The van der Waals surface area contributed by atoms with Crippen molar-refractivity contribution in [3.8, 4) is 11.8 Å². The molecule has 21 heavy (non-hydrogen) atoms. The van der Waals surface area contributed by atoms with Gasteiger partial charge in [0, 0.05) is 10.0 Å². The molecular weight excluding hydrogens is 330 g/mol. The summed E-state index contributed by atoms with van der Waals surface area (Å²) in [6.45, 7) is 1.73. The number of ketones is 1. The van der Waals surface area contributed by atoms with Crippen LogP contribution in [0.15, 0.2) is 53.0 Å². The van der Waals surface area contributed by atoms with Crippen LogP contribution < -0.4 is 4.74 Å². The minimum atomic E-state index is -0.562. The quantitative estimate of drug-likeness (QED) is 0.765. The van der Waals surface area contributed by atoms with Crippen molar-refractivity contribution >= 4 is 21.7 Å². The molecule has 0 fully saturated rings. The predicted molar refractivity (Wildman–Crippen MR) is 84.3 cm³/mol. The normalized spacial score (nSPS) is 11.5. The molecule has 4 heteroatoms. The number of hydrogen-bond acceptors (Lipinski definition) is 3. The van der Waals surface area contributed by atoms with Gasteiger partial charge in [0.25, 0.3) is 0 Å². The van der Waals surface area contributed by atoms with Gasteiger partial charge < -0.3 is 4.74 Å². The van der Waals surface area contributed by atoms with E-state index >= 15 is 0 Å². The number of carbonyl (C=O) groups excluding carboxylic acids is 1. The Bertz CT molecular complexity index is 657. The van der Waals surface area contributed by atoms with E-state index in [1.165, 1.54) is 0 Å². The lowest BCUT2D eigenvalue weighted by molar-refractivity contribution is 0.0818. The highest BCUT2D eigenvalue weighted by Gasteiger charge is 2.16. The third kappa shape index (κ3) is 4.17. The van der Waals surface area contributed by atoms with Crippen molar-refractivity contribution in [2.75, 3.05) is 0 Å². The van der Waals surface area contributed by atoms with Crippen LogP contribution in [-0.2, 0) is 6.42 Å². The average molecular weight is 344 g/mol. The first-order valence-electron chi connectivity index (χ1n) is 6.52. The van der Waals surface area contributed by atoms with E-state index in [2.05, 4.69) is 22.0 Å². The van der Waals surface area contributed by atoms with Crippen molar-refractivity contribution in [2.45, 2.75) is 19.4 Å². The standard InChI is InChI=1S/C17H14BrNO2/c1-12(17(20)14-4-6-15(18)7-5-14)21-16-8-2-13(3-9-16)10-11-19/h2-9,12H,10H2,1H3. The van der Waals surface area contributed by atoms with E-state index in [0.29, 0.717) is 17.7 Å². The molecule has 106 valence electrons. The summed E-state index contributed by atoms with van der Waals surface area (Å²) < 4.78 is 6.58. The molecule has 0 bridgehead atoms. The molecular formula is C17H14BrNO2. The van der Waals surface area contributed by atoms with E-state index in [-0.39, 0.29) is 5.78 Å². The molecule has 0 spiro atoms. The molecule has 0 aliphatic carbocycles. The first-order chi connectivity index (χ1) is 10.1. The topological polar surface area (TPSA) is 50.1 Å². The van der Waals surface area contributed by atoms with Crippen molar-refractivity contribution in [3.63, 3.8) is 0 Å². The maximum atomic E-state index is 12.2. The van der Waals surface area contributed by atoms with Crippen molar-refractivity contribution < 1.29 is 9.53 Å². The number of nitriles is 1. The summed E-state index contributed by atoms with van der Waals surface area (Å²) in [5.41, 5.74) is 1.54. The SMILES string of the molecule is CC(Oc1ccc(CC#N)cc1)C(=O)c1ccc(Br)cc1. The highest BCUT2D eigenvalue weighted by molar-refractivity contribution is 9.10. The Morgan fingerprint density at radius 1 is 1.19 bits per heavy atom. The van der Waals surface area contributed by atoms with Crippen molar-refractivity contribution in [1.82, 2.24) is 0 Å². The first-order valence-corrected chi connectivity index (χ1v) is 7.32. The van der Waals surface area contributed by atoms with E-state index in [1.54, 1.807) is 31.2 Å². The molecule has 3 nitrogen and oxygen atoms in total. The third-order valence-corrected chi connectivity index (χ3v) is 3.55. The number of hydrogen-bond donors (Lipinski definition) is 0. The number of ether oxygens (including phenoxy) is 1. The van der Waals surface area contributed by atoms with E-state index < -0.39 is 6.10 Å². The third-order valence-electron chi connectivity index (χ3n) is 3.02. The molecule has 0 aliphatic heterocycles. The van der Waals surface area contributed by atoms with Gasteiger partial charge in [0.05, 0.1) is 12.5 Å². The lowest BCUT2D eigenvalue weighted by atomic mass is 10.1. The van der Waals surface area contributed by atoms with Crippen molar-refractivity contribution in [2.24, 2.45) is 0 Å². The first kappa shape index (κ1) is 15.3. The summed E-state index contributed by atoms with van der Waals surface area (Å²) in [5.74, 6) is 0.554. The van der Waals surface area contributed by atoms with Gasteiger partial charge in [-0.1, -0.05) is 40.2 Å². The Labute approximate surface area is 132 Å². The number of benzene rings is 2. The monoisotopic (exact) mass is 343 g/mol. The van der Waals surface area contributed by atoms with Crippen LogP contribution in [0.3, 0.4) is 0 Å². The van der Waals surface area contributed by atoms with Gasteiger partial charge in [-0.3, -0.25) is 4.79 Å². The van der Waals surface area contributed by atoms with Crippen molar-refractivity contribution in [1.29, 1.82) is 5.26 Å². The molecule has 0 amide bonds. The Morgan fingerprint density at radius 2 is 1.81 bits per heavy atom. The highest BCUT2D eigenvalue weighted by Crippen LogP contribution is 2.17. The fourth-order valence-corrected chi connectivity index (χ4v) is 2.15. The van der Waals surface area contributed by atoms with Crippen LogP contribution in [0.1, 0.15) is 22.8 Å². The van der Waals surface area contributed by atoms with Crippen LogP contribution in [0.2, 0.25) is 0 Å². The summed E-state index contributed by atoms with van der Waals surface area (Å²) in [6, 6.07) is 16.5. The summed E-state index contributed by atoms with van der Waals surface area (Å²) >= 11 is 3.34.